The number of nitrogens with zero attached hydrogens (tertiary/aromatic N) is 1. The topological polar surface area (TPSA) is 49.8 Å². The zero-order chi connectivity index (χ0) is 16.1. The van der Waals surface area contributed by atoms with Gasteiger partial charge >= 0.3 is 0 Å². The lowest BCUT2D eigenvalue weighted by molar-refractivity contribution is -0.137. The summed E-state index contributed by atoms with van der Waals surface area (Å²) in [5.41, 5.74) is 0.399. The number of ether oxygens (including phenoxy) is 1. The van der Waals surface area contributed by atoms with Crippen molar-refractivity contribution < 1.29 is 14.6 Å². The van der Waals surface area contributed by atoms with Crippen molar-refractivity contribution in [1.29, 1.82) is 0 Å². The molecule has 1 aliphatic carbocycles. The molecule has 1 saturated carbocycles. The molecule has 0 aromatic heterocycles. The average molecular weight is 317 g/mol. The highest BCUT2D eigenvalue weighted by Crippen LogP contribution is 2.31. The highest BCUT2D eigenvalue weighted by Gasteiger charge is 2.35. The van der Waals surface area contributed by atoms with Crippen molar-refractivity contribution in [2.45, 2.75) is 63.2 Å². The molecule has 4 heteroatoms. The Bertz CT molecular complexity index is 505. The third kappa shape index (κ3) is 4.55. The maximum atomic E-state index is 12.8. The van der Waals surface area contributed by atoms with Gasteiger partial charge in [0.25, 0.3) is 0 Å². The first-order valence-electron chi connectivity index (χ1n) is 8.80. The van der Waals surface area contributed by atoms with Gasteiger partial charge < -0.3 is 14.7 Å². The number of hydrogen-bond acceptors (Lipinski definition) is 3. The summed E-state index contributed by atoms with van der Waals surface area (Å²) in [6, 6.07) is 10.0. The zero-order valence-electron chi connectivity index (χ0n) is 13.7. The van der Waals surface area contributed by atoms with Crippen molar-refractivity contribution in [3.8, 4) is 0 Å². The molecule has 0 bridgehead atoms. The van der Waals surface area contributed by atoms with Crippen LogP contribution in [0.5, 0.6) is 0 Å². The van der Waals surface area contributed by atoms with E-state index in [1.807, 2.05) is 35.2 Å². The van der Waals surface area contributed by atoms with Gasteiger partial charge in [0, 0.05) is 19.7 Å². The van der Waals surface area contributed by atoms with Crippen LogP contribution in [0.1, 0.15) is 50.5 Å². The summed E-state index contributed by atoms with van der Waals surface area (Å²) in [6.45, 7) is 1.77. The Labute approximate surface area is 138 Å². The van der Waals surface area contributed by atoms with Crippen LogP contribution in [-0.2, 0) is 16.1 Å². The van der Waals surface area contributed by atoms with Gasteiger partial charge in [-0.2, -0.15) is 0 Å². The molecule has 1 N–H and O–H groups in total. The molecule has 1 heterocycles. The SMILES string of the molecule is O=C(CC1CCCO1)N(Cc1ccccc1)CC1(O)CCCC1. The predicted octanol–water partition coefficient (Wildman–Crippen LogP) is 2.89. The first kappa shape index (κ1) is 16.5. The maximum absolute atomic E-state index is 12.8. The Morgan fingerprint density at radius 1 is 1.22 bits per heavy atom. The second-order valence-corrected chi connectivity index (χ2v) is 7.01. The van der Waals surface area contributed by atoms with Gasteiger partial charge in [0.05, 0.1) is 18.1 Å². The summed E-state index contributed by atoms with van der Waals surface area (Å²) >= 11 is 0. The Hall–Kier alpha value is -1.39. The summed E-state index contributed by atoms with van der Waals surface area (Å²) in [4.78, 5) is 14.6. The Morgan fingerprint density at radius 2 is 1.96 bits per heavy atom. The highest BCUT2D eigenvalue weighted by molar-refractivity contribution is 5.76. The molecule has 0 spiro atoms. The molecular weight excluding hydrogens is 290 g/mol. The minimum Gasteiger partial charge on any atom is -0.388 e. The zero-order valence-corrected chi connectivity index (χ0v) is 13.7. The van der Waals surface area contributed by atoms with E-state index in [1.54, 1.807) is 0 Å². The highest BCUT2D eigenvalue weighted by atomic mass is 16.5. The van der Waals surface area contributed by atoms with Gasteiger partial charge in [-0.15, -0.1) is 0 Å². The molecule has 2 aliphatic rings. The lowest BCUT2D eigenvalue weighted by atomic mass is 10.0. The first-order valence-corrected chi connectivity index (χ1v) is 8.80. The molecule has 1 saturated heterocycles. The van der Waals surface area contributed by atoms with Gasteiger partial charge in [0.1, 0.15) is 0 Å². The van der Waals surface area contributed by atoms with E-state index < -0.39 is 5.60 Å². The summed E-state index contributed by atoms with van der Waals surface area (Å²) < 4.78 is 5.61. The van der Waals surface area contributed by atoms with Crippen molar-refractivity contribution in [3.05, 3.63) is 35.9 Å². The van der Waals surface area contributed by atoms with Crippen molar-refractivity contribution >= 4 is 5.91 Å². The Kier molecular flexibility index (Phi) is 5.34. The fourth-order valence-electron chi connectivity index (χ4n) is 3.71. The first-order chi connectivity index (χ1) is 11.1. The number of carbonyl (C=O) groups excluding carboxylic acids is 1. The quantitative estimate of drug-likeness (QED) is 0.877. The average Bonchev–Trinajstić information content (AvgIpc) is 3.20. The number of aliphatic hydroxyl groups is 1. The molecule has 1 atom stereocenters. The minimum atomic E-state index is -0.707. The number of carbonyl (C=O) groups is 1. The smallest absolute Gasteiger partial charge is 0.225 e. The second-order valence-electron chi connectivity index (χ2n) is 7.01. The van der Waals surface area contributed by atoms with Gasteiger partial charge in [-0.1, -0.05) is 43.2 Å². The van der Waals surface area contributed by atoms with Gasteiger partial charge in [-0.3, -0.25) is 4.79 Å². The van der Waals surface area contributed by atoms with E-state index >= 15 is 0 Å². The van der Waals surface area contributed by atoms with Crippen LogP contribution < -0.4 is 0 Å². The van der Waals surface area contributed by atoms with Gasteiger partial charge in [0.15, 0.2) is 0 Å². The predicted molar refractivity (Wildman–Crippen MR) is 88.9 cm³/mol. The van der Waals surface area contributed by atoms with Gasteiger partial charge in [-0.05, 0) is 31.2 Å². The number of benzene rings is 1. The van der Waals surface area contributed by atoms with Crippen molar-refractivity contribution in [2.24, 2.45) is 0 Å². The second kappa shape index (κ2) is 7.45. The van der Waals surface area contributed by atoms with Crippen LogP contribution in [0.15, 0.2) is 30.3 Å². The number of hydrogen-bond donors (Lipinski definition) is 1. The fourth-order valence-corrected chi connectivity index (χ4v) is 3.71. The van der Waals surface area contributed by atoms with Gasteiger partial charge in [0.2, 0.25) is 5.91 Å². The van der Waals surface area contributed by atoms with Crippen LogP contribution in [0.25, 0.3) is 0 Å². The Balaban J connectivity index is 1.67. The van der Waals surface area contributed by atoms with Crippen LogP contribution in [0, 0.1) is 0 Å². The molecular formula is C19H27NO3. The largest absolute Gasteiger partial charge is 0.388 e. The van der Waals surface area contributed by atoms with E-state index in [0.717, 1.165) is 50.7 Å². The fraction of sp³-hybridized carbons (Fsp3) is 0.632. The molecule has 1 aromatic rings. The number of rotatable bonds is 6. The van der Waals surface area contributed by atoms with Crippen LogP contribution >= 0.6 is 0 Å². The maximum Gasteiger partial charge on any atom is 0.225 e. The van der Waals surface area contributed by atoms with Crippen LogP contribution in [0.2, 0.25) is 0 Å². The van der Waals surface area contributed by atoms with E-state index in [1.165, 1.54) is 0 Å². The normalized spacial score (nSPS) is 23.1. The monoisotopic (exact) mass is 317 g/mol. The third-order valence-electron chi connectivity index (χ3n) is 5.01. The van der Waals surface area contributed by atoms with Gasteiger partial charge in [-0.25, -0.2) is 0 Å². The van der Waals surface area contributed by atoms with E-state index in [9.17, 15) is 9.90 Å². The molecule has 1 aromatic carbocycles. The van der Waals surface area contributed by atoms with E-state index in [0.29, 0.717) is 19.5 Å². The molecule has 3 rings (SSSR count). The molecule has 2 fully saturated rings. The summed E-state index contributed by atoms with van der Waals surface area (Å²) in [6.07, 6.45) is 6.19. The van der Waals surface area contributed by atoms with Crippen LogP contribution in [-0.4, -0.2) is 40.8 Å². The van der Waals surface area contributed by atoms with Crippen molar-refractivity contribution in [1.82, 2.24) is 4.90 Å². The molecule has 4 nitrogen and oxygen atoms in total. The summed E-state index contributed by atoms with van der Waals surface area (Å²) in [7, 11) is 0. The van der Waals surface area contributed by atoms with E-state index in [-0.39, 0.29) is 12.0 Å². The standard InChI is InChI=1S/C19H27NO3/c21-18(13-17-9-6-12-23-17)20(14-16-7-2-1-3-8-16)15-19(22)10-4-5-11-19/h1-3,7-8,17,22H,4-6,9-15H2. The minimum absolute atomic E-state index is 0.0546. The van der Waals surface area contributed by atoms with E-state index in [2.05, 4.69) is 0 Å². The lowest BCUT2D eigenvalue weighted by Gasteiger charge is -2.32. The molecule has 1 aliphatic heterocycles. The summed E-state index contributed by atoms with van der Waals surface area (Å²) in [5.74, 6) is 0.0982. The molecule has 1 unspecified atom stereocenters. The van der Waals surface area contributed by atoms with E-state index in [4.69, 9.17) is 4.74 Å². The Morgan fingerprint density at radius 3 is 2.61 bits per heavy atom. The molecule has 126 valence electrons. The molecule has 23 heavy (non-hydrogen) atoms. The summed E-state index contributed by atoms with van der Waals surface area (Å²) in [5, 5.41) is 10.7. The van der Waals surface area contributed by atoms with Crippen LogP contribution in [0.3, 0.4) is 0 Å². The lowest BCUT2D eigenvalue weighted by Crippen LogP contribution is -2.44. The van der Waals surface area contributed by atoms with Crippen LogP contribution in [0.4, 0.5) is 0 Å². The molecule has 0 radical (unpaired) electrons. The van der Waals surface area contributed by atoms with Crippen molar-refractivity contribution in [3.63, 3.8) is 0 Å². The van der Waals surface area contributed by atoms with Crippen molar-refractivity contribution in [2.75, 3.05) is 13.2 Å². The third-order valence-corrected chi connectivity index (χ3v) is 5.01. The molecule has 1 amide bonds. The number of amides is 1.